The molecule has 1 saturated heterocycles. The second-order valence-corrected chi connectivity index (χ2v) is 6.25. The molecule has 0 aromatic heterocycles. The Morgan fingerprint density at radius 1 is 1.06 bits per heavy atom. The predicted octanol–water partition coefficient (Wildman–Crippen LogP) is 2.97. The van der Waals surface area contributed by atoms with Gasteiger partial charge in [0.05, 0.1) is 5.92 Å². The second-order valence-electron chi connectivity index (χ2n) is 6.25. The predicted molar refractivity (Wildman–Crippen MR) is 69.0 cm³/mol. The third kappa shape index (κ3) is 2.76. The van der Waals surface area contributed by atoms with E-state index in [9.17, 15) is 9.59 Å². The summed E-state index contributed by atoms with van der Waals surface area (Å²) >= 11 is 0. The molecule has 0 bridgehead atoms. The molecule has 1 saturated carbocycles. The molecule has 3 heteroatoms. The molecule has 3 nitrogen and oxygen atoms in total. The number of carbonyl (C=O) groups is 2. The van der Waals surface area contributed by atoms with Crippen molar-refractivity contribution in [2.24, 2.45) is 23.7 Å². The van der Waals surface area contributed by atoms with Crippen molar-refractivity contribution in [1.29, 1.82) is 0 Å². The summed E-state index contributed by atoms with van der Waals surface area (Å²) in [6.07, 6.45) is 4.46. The number of ketones is 1. The Morgan fingerprint density at radius 3 is 2.50 bits per heavy atom. The molecule has 0 N–H and O–H groups in total. The van der Waals surface area contributed by atoms with Crippen LogP contribution in [0.15, 0.2) is 0 Å². The van der Waals surface area contributed by atoms with Crippen LogP contribution in [0.5, 0.6) is 0 Å². The van der Waals surface area contributed by atoms with E-state index in [4.69, 9.17) is 4.74 Å². The molecule has 0 aromatic carbocycles. The average Bonchev–Trinajstić information content (AvgIpc) is 2.58. The van der Waals surface area contributed by atoms with E-state index in [1.807, 2.05) is 13.8 Å². The van der Waals surface area contributed by atoms with Crippen molar-refractivity contribution in [2.75, 3.05) is 0 Å². The average molecular weight is 252 g/mol. The van der Waals surface area contributed by atoms with E-state index in [0.717, 1.165) is 25.7 Å². The van der Waals surface area contributed by atoms with Gasteiger partial charge in [0.15, 0.2) is 0 Å². The zero-order chi connectivity index (χ0) is 13.3. The summed E-state index contributed by atoms with van der Waals surface area (Å²) in [7, 11) is 0. The third-order valence-corrected chi connectivity index (χ3v) is 4.76. The van der Waals surface area contributed by atoms with Crippen LogP contribution in [-0.2, 0) is 14.3 Å². The Kier molecular flexibility index (Phi) is 4.08. The number of hydrogen-bond donors (Lipinski definition) is 0. The van der Waals surface area contributed by atoms with Crippen molar-refractivity contribution in [1.82, 2.24) is 0 Å². The fraction of sp³-hybridized carbons (Fsp3) is 0.867. The van der Waals surface area contributed by atoms with E-state index in [1.54, 1.807) is 0 Å². The van der Waals surface area contributed by atoms with Gasteiger partial charge in [-0.05, 0) is 31.6 Å². The topological polar surface area (TPSA) is 43.4 Å². The van der Waals surface area contributed by atoms with E-state index in [0.29, 0.717) is 24.0 Å². The van der Waals surface area contributed by atoms with Gasteiger partial charge in [-0.15, -0.1) is 0 Å². The van der Waals surface area contributed by atoms with E-state index < -0.39 is 0 Å². The van der Waals surface area contributed by atoms with Crippen molar-refractivity contribution in [3.8, 4) is 0 Å². The first-order chi connectivity index (χ1) is 8.49. The highest BCUT2D eigenvalue weighted by molar-refractivity contribution is 5.80. The van der Waals surface area contributed by atoms with Crippen LogP contribution >= 0.6 is 0 Å². The minimum absolute atomic E-state index is 0.00364. The zero-order valence-electron chi connectivity index (χ0n) is 11.6. The van der Waals surface area contributed by atoms with Gasteiger partial charge in [0, 0.05) is 18.3 Å². The molecule has 0 amide bonds. The van der Waals surface area contributed by atoms with Gasteiger partial charge in [0.25, 0.3) is 0 Å². The molecule has 0 spiro atoms. The molecule has 1 aliphatic carbocycles. The van der Waals surface area contributed by atoms with E-state index in [1.165, 1.54) is 0 Å². The normalized spacial score (nSPS) is 42.3. The summed E-state index contributed by atoms with van der Waals surface area (Å²) in [6, 6.07) is 0. The number of ether oxygens (including phenoxy) is 1. The van der Waals surface area contributed by atoms with Crippen molar-refractivity contribution < 1.29 is 14.3 Å². The first-order valence-corrected chi connectivity index (χ1v) is 7.22. The van der Waals surface area contributed by atoms with Gasteiger partial charge in [-0.3, -0.25) is 9.59 Å². The lowest BCUT2D eigenvalue weighted by molar-refractivity contribution is -0.144. The lowest BCUT2D eigenvalue weighted by atomic mass is 9.79. The summed E-state index contributed by atoms with van der Waals surface area (Å²) in [5.74, 6) is 1.26. The molecule has 5 unspecified atom stereocenters. The first-order valence-electron chi connectivity index (χ1n) is 7.22. The molecule has 18 heavy (non-hydrogen) atoms. The molecular formula is C15H24O3. The van der Waals surface area contributed by atoms with Crippen LogP contribution in [0.3, 0.4) is 0 Å². The van der Waals surface area contributed by atoms with Gasteiger partial charge in [-0.1, -0.05) is 20.8 Å². The van der Waals surface area contributed by atoms with Gasteiger partial charge >= 0.3 is 5.97 Å². The van der Waals surface area contributed by atoms with Crippen LogP contribution in [0, 0.1) is 23.7 Å². The van der Waals surface area contributed by atoms with E-state index in [-0.39, 0.29) is 23.9 Å². The summed E-state index contributed by atoms with van der Waals surface area (Å²) in [4.78, 5) is 23.6. The van der Waals surface area contributed by atoms with Gasteiger partial charge in [0.1, 0.15) is 11.9 Å². The molecule has 2 rings (SSSR count). The smallest absolute Gasteiger partial charge is 0.309 e. The maximum absolute atomic E-state index is 11.9. The van der Waals surface area contributed by atoms with Gasteiger partial charge < -0.3 is 4.74 Å². The highest BCUT2D eigenvalue weighted by Gasteiger charge is 2.42. The van der Waals surface area contributed by atoms with E-state index >= 15 is 0 Å². The summed E-state index contributed by atoms with van der Waals surface area (Å²) < 4.78 is 5.52. The highest BCUT2D eigenvalue weighted by atomic mass is 16.6. The number of esters is 1. The molecule has 5 atom stereocenters. The SMILES string of the molecule is CC1CCC(=O)C(C)CCC2C(C1)OC(=O)C2C. The molecule has 1 heterocycles. The van der Waals surface area contributed by atoms with Gasteiger partial charge in [-0.25, -0.2) is 0 Å². The van der Waals surface area contributed by atoms with Crippen molar-refractivity contribution in [2.45, 2.75) is 59.0 Å². The molecule has 2 aliphatic rings. The van der Waals surface area contributed by atoms with Crippen LogP contribution in [-0.4, -0.2) is 17.9 Å². The Labute approximate surface area is 109 Å². The zero-order valence-corrected chi connectivity index (χ0v) is 11.6. The minimum Gasteiger partial charge on any atom is -0.462 e. The van der Waals surface area contributed by atoms with Crippen LogP contribution in [0.25, 0.3) is 0 Å². The van der Waals surface area contributed by atoms with Gasteiger partial charge in [-0.2, -0.15) is 0 Å². The number of rotatable bonds is 0. The fourth-order valence-electron chi connectivity index (χ4n) is 3.25. The Balaban J connectivity index is 2.11. The van der Waals surface area contributed by atoms with E-state index in [2.05, 4.69) is 6.92 Å². The summed E-state index contributed by atoms with van der Waals surface area (Å²) in [5.41, 5.74) is 0. The quantitative estimate of drug-likeness (QED) is 0.622. The van der Waals surface area contributed by atoms with Gasteiger partial charge in [0.2, 0.25) is 0 Å². The molecular weight excluding hydrogens is 228 g/mol. The summed E-state index contributed by atoms with van der Waals surface area (Å²) in [5, 5.41) is 0. The molecule has 102 valence electrons. The second kappa shape index (κ2) is 5.41. The maximum atomic E-state index is 11.9. The summed E-state index contributed by atoms with van der Waals surface area (Å²) in [6.45, 7) is 6.15. The highest BCUT2D eigenvalue weighted by Crippen LogP contribution is 2.37. The standard InChI is InChI=1S/C15H24O3/c1-9-4-7-13(16)10(2)5-6-12-11(3)15(17)18-14(12)8-9/h9-12,14H,4-8H2,1-3H3. The fourth-order valence-corrected chi connectivity index (χ4v) is 3.25. The molecule has 0 radical (unpaired) electrons. The molecule has 1 aliphatic heterocycles. The first kappa shape index (κ1) is 13.6. The lowest BCUT2D eigenvalue weighted by Gasteiger charge is -2.25. The van der Waals surface area contributed by atoms with Crippen molar-refractivity contribution in [3.63, 3.8) is 0 Å². The number of Topliss-reactive ketones (excluding diaryl/α,β-unsaturated/α-hetero) is 1. The van der Waals surface area contributed by atoms with Crippen LogP contribution in [0.1, 0.15) is 52.9 Å². The third-order valence-electron chi connectivity index (χ3n) is 4.76. The maximum Gasteiger partial charge on any atom is 0.309 e. The molecule has 0 aromatic rings. The largest absolute Gasteiger partial charge is 0.462 e. The molecule has 2 fully saturated rings. The monoisotopic (exact) mass is 252 g/mol. The van der Waals surface area contributed by atoms with Crippen LogP contribution < -0.4 is 0 Å². The lowest BCUT2D eigenvalue weighted by Crippen LogP contribution is -2.25. The number of carbonyl (C=O) groups excluding carboxylic acids is 2. The van der Waals surface area contributed by atoms with Crippen LogP contribution in [0.2, 0.25) is 0 Å². The Hall–Kier alpha value is -0.860. The Morgan fingerprint density at radius 2 is 1.78 bits per heavy atom. The minimum atomic E-state index is -0.0459. The number of hydrogen-bond acceptors (Lipinski definition) is 3. The number of fused-ring (bicyclic) bond motifs is 1. The van der Waals surface area contributed by atoms with Crippen LogP contribution in [0.4, 0.5) is 0 Å². The van der Waals surface area contributed by atoms with Crippen molar-refractivity contribution >= 4 is 11.8 Å². The van der Waals surface area contributed by atoms with Crippen molar-refractivity contribution in [3.05, 3.63) is 0 Å². The Bertz CT molecular complexity index is 337.